The third-order valence-electron chi connectivity index (χ3n) is 10.1. The average Bonchev–Trinajstić information content (AvgIpc) is 3.37. The number of methoxy groups -OCH3 is 1. The number of nitrogens with one attached hydrogen (secondary N) is 4. The number of aliphatic hydroxyl groups is 1. The Morgan fingerprint density at radius 3 is 2.54 bits per heavy atom. The fourth-order valence-corrected chi connectivity index (χ4v) is 8.03. The van der Waals surface area contributed by atoms with E-state index in [0.29, 0.717) is 36.0 Å². The number of fused-ring (bicyclic) bond motifs is 2. The molecule has 7 atom stereocenters. The normalized spacial score (nSPS) is 24.9. The number of rotatable bonds is 12. The van der Waals surface area contributed by atoms with Crippen LogP contribution in [0.25, 0.3) is 10.9 Å². The third kappa shape index (κ3) is 7.71. The van der Waals surface area contributed by atoms with Gasteiger partial charge >= 0.3 is 29.6 Å². The van der Waals surface area contributed by atoms with E-state index in [4.69, 9.17) is 4.74 Å². The van der Waals surface area contributed by atoms with E-state index >= 15 is 0 Å². The fourth-order valence-electron chi connectivity index (χ4n) is 7.45. The first-order valence-corrected chi connectivity index (χ1v) is 17.5. The Morgan fingerprint density at radius 1 is 1.21 bits per heavy atom. The molecule has 258 valence electrons. The molecule has 3 heterocycles. The summed E-state index contributed by atoms with van der Waals surface area (Å²) in [6, 6.07) is 3.41. The van der Waals surface area contributed by atoms with Crippen LogP contribution in [0.3, 0.4) is 0 Å². The molecule has 1 aromatic carbocycles. The molecule has 2 aliphatic heterocycles. The van der Waals surface area contributed by atoms with Crippen LogP contribution in [-0.4, -0.2) is 95.4 Å². The number of benzene rings is 1. The van der Waals surface area contributed by atoms with Gasteiger partial charge < -0.3 is 40.2 Å². The number of carbonyl (C=O) groups is 4. The minimum absolute atomic E-state index is 0. The topological polar surface area (TPSA) is 210 Å². The average molecular weight is 698 g/mol. The number of carbonyl (C=O) groups excluding carboxylic acids is 4. The van der Waals surface area contributed by atoms with Crippen molar-refractivity contribution in [2.24, 2.45) is 29.1 Å². The summed E-state index contributed by atoms with van der Waals surface area (Å²) in [5.41, 5.74) is -1.88. The van der Waals surface area contributed by atoms with E-state index in [-0.39, 0.29) is 83.7 Å². The number of H-pyrrole nitrogens is 1. The Kier molecular flexibility index (Phi) is 11.6. The zero-order chi connectivity index (χ0) is 34.4. The molecule has 14 nitrogen and oxygen atoms in total. The van der Waals surface area contributed by atoms with Crippen LogP contribution >= 0.6 is 0 Å². The van der Waals surface area contributed by atoms with Gasteiger partial charge in [-0.1, -0.05) is 33.8 Å². The minimum atomic E-state index is -5.26. The van der Waals surface area contributed by atoms with Gasteiger partial charge in [0, 0.05) is 29.9 Å². The van der Waals surface area contributed by atoms with Crippen LogP contribution < -0.4 is 50.2 Å². The largest absolute Gasteiger partial charge is 1.00 e. The molecular weight excluding hydrogens is 653 g/mol. The Morgan fingerprint density at radius 2 is 1.92 bits per heavy atom. The number of amides is 4. The van der Waals surface area contributed by atoms with Gasteiger partial charge in [-0.15, -0.1) is 0 Å². The first-order valence-electron chi connectivity index (χ1n) is 16.0. The van der Waals surface area contributed by atoms with Crippen LogP contribution in [-0.2, 0) is 24.5 Å². The van der Waals surface area contributed by atoms with Crippen molar-refractivity contribution in [1.82, 2.24) is 25.8 Å². The zero-order valence-electron chi connectivity index (χ0n) is 28.2. The van der Waals surface area contributed by atoms with Gasteiger partial charge in [-0.05, 0) is 67.1 Å². The van der Waals surface area contributed by atoms with Gasteiger partial charge in [-0.2, -0.15) is 0 Å². The predicted molar refractivity (Wildman–Crippen MR) is 170 cm³/mol. The Hall–Kier alpha value is -2.69. The second-order valence-corrected chi connectivity index (χ2v) is 15.5. The van der Waals surface area contributed by atoms with Crippen LogP contribution in [0.2, 0.25) is 0 Å². The SMILES string of the molecule is COc1cccc2[nH]c(C(=O)N[C@@H](CC(C)C)C(=O)N3C[C@H]4[C@@H]([C@H]3C(=O)N[C@@H](C[C@@H]3CCCNC3=O)C(O)S(=O)(=O)[O-])C4(C)C)cc12.[Na+]. The summed E-state index contributed by atoms with van der Waals surface area (Å²) in [6.45, 7) is 8.46. The molecule has 16 heteroatoms. The molecule has 1 aliphatic carbocycles. The molecule has 4 amide bonds. The van der Waals surface area contributed by atoms with Gasteiger partial charge in [0.05, 0.1) is 13.2 Å². The molecule has 0 radical (unpaired) electrons. The number of aliphatic hydroxyl groups excluding tert-OH is 1. The quantitative estimate of drug-likeness (QED) is 0.123. The monoisotopic (exact) mass is 697 g/mol. The van der Waals surface area contributed by atoms with Gasteiger partial charge in [-0.3, -0.25) is 19.2 Å². The second-order valence-electron chi connectivity index (χ2n) is 14.0. The first kappa shape index (κ1) is 38.1. The summed E-state index contributed by atoms with van der Waals surface area (Å²) in [5, 5.41) is 19.3. The van der Waals surface area contributed by atoms with E-state index in [1.807, 2.05) is 27.7 Å². The van der Waals surface area contributed by atoms with E-state index in [1.165, 1.54) is 12.0 Å². The molecule has 5 N–H and O–H groups in total. The minimum Gasteiger partial charge on any atom is -0.746 e. The molecule has 2 saturated heterocycles. The van der Waals surface area contributed by atoms with Crippen molar-refractivity contribution in [3.8, 4) is 5.75 Å². The summed E-state index contributed by atoms with van der Waals surface area (Å²) in [6.07, 6.45) is 1.04. The molecule has 1 unspecified atom stereocenters. The van der Waals surface area contributed by atoms with Gasteiger partial charge in [-0.25, -0.2) is 8.42 Å². The summed E-state index contributed by atoms with van der Waals surface area (Å²) >= 11 is 0. The maximum absolute atomic E-state index is 14.2. The van der Waals surface area contributed by atoms with Crippen molar-refractivity contribution in [3.63, 3.8) is 0 Å². The van der Waals surface area contributed by atoms with Crippen molar-refractivity contribution in [3.05, 3.63) is 30.0 Å². The summed E-state index contributed by atoms with van der Waals surface area (Å²) in [4.78, 5) is 58.6. The molecule has 1 aromatic heterocycles. The van der Waals surface area contributed by atoms with Crippen molar-refractivity contribution in [2.45, 2.75) is 76.9 Å². The Labute approximate surface area is 302 Å². The van der Waals surface area contributed by atoms with E-state index in [1.54, 1.807) is 24.3 Å². The fraction of sp³-hybridized carbons (Fsp3) is 0.625. The third-order valence-corrected chi connectivity index (χ3v) is 11.0. The number of piperidine rings is 2. The van der Waals surface area contributed by atoms with Crippen LogP contribution in [0.4, 0.5) is 0 Å². The van der Waals surface area contributed by atoms with Crippen molar-refractivity contribution >= 4 is 44.6 Å². The summed E-state index contributed by atoms with van der Waals surface area (Å²) < 4.78 is 41.0. The van der Waals surface area contributed by atoms with E-state index in [0.717, 1.165) is 0 Å². The van der Waals surface area contributed by atoms with Crippen LogP contribution in [0.5, 0.6) is 5.75 Å². The van der Waals surface area contributed by atoms with Crippen molar-refractivity contribution in [1.29, 1.82) is 0 Å². The molecule has 1 saturated carbocycles. The predicted octanol–water partition coefficient (Wildman–Crippen LogP) is -1.93. The van der Waals surface area contributed by atoms with Crippen molar-refractivity contribution < 1.29 is 71.5 Å². The van der Waals surface area contributed by atoms with Crippen LogP contribution in [0.1, 0.15) is 63.9 Å². The molecule has 0 bridgehead atoms. The maximum atomic E-state index is 14.2. The number of hydrogen-bond donors (Lipinski definition) is 5. The number of aromatic nitrogens is 1. The molecule has 0 spiro atoms. The molecule has 3 aliphatic rings. The molecule has 3 fully saturated rings. The van der Waals surface area contributed by atoms with Gasteiger partial charge in [0.2, 0.25) is 17.7 Å². The number of nitrogens with zero attached hydrogens (tertiary/aromatic N) is 1. The number of aromatic amines is 1. The Balaban J connectivity index is 0.00000520. The maximum Gasteiger partial charge on any atom is 1.00 e. The summed E-state index contributed by atoms with van der Waals surface area (Å²) in [5.74, 6) is -2.50. The van der Waals surface area contributed by atoms with E-state index < -0.39 is 57.3 Å². The molecule has 48 heavy (non-hydrogen) atoms. The molecule has 2 aromatic rings. The number of likely N-dealkylation sites (tertiary alicyclic amines) is 1. The second kappa shape index (κ2) is 14.7. The standard InChI is InChI=1S/C32H45N5O9S.Na/c1-16(2)12-22(35-28(39)21-14-18-20(34-21)9-6-10-24(18)46-5)30(41)37-15-19-25(32(19,3)4)26(37)29(40)36-23(31(42)47(43,44)45)13-17-8-7-11-33-27(17)38;/h6,9-10,14,16-17,19,22-23,25-26,31,34,42H,7-8,11-13,15H2,1-5H3,(H,33,38)(H,35,39)(H,36,40)(H,43,44,45);/q;+1/p-1/t17-,19-,22-,23-,25-,26-,31?;/m0./s1. The first-order chi connectivity index (χ1) is 22.0. The molecular formula is C32H44N5NaO9S. The van der Waals surface area contributed by atoms with Crippen LogP contribution in [0, 0.1) is 29.1 Å². The summed E-state index contributed by atoms with van der Waals surface area (Å²) in [7, 11) is -3.73. The van der Waals surface area contributed by atoms with E-state index in [9.17, 15) is 37.3 Å². The zero-order valence-corrected chi connectivity index (χ0v) is 31.1. The molecule has 5 rings (SSSR count). The Bertz CT molecular complexity index is 1660. The van der Waals surface area contributed by atoms with Crippen LogP contribution in [0.15, 0.2) is 24.3 Å². The van der Waals surface area contributed by atoms with Crippen molar-refractivity contribution in [2.75, 3.05) is 20.2 Å². The number of hydrogen-bond acceptors (Lipinski definition) is 9. The van der Waals surface area contributed by atoms with E-state index in [2.05, 4.69) is 20.9 Å². The van der Waals surface area contributed by atoms with Gasteiger partial charge in [0.15, 0.2) is 5.44 Å². The van der Waals surface area contributed by atoms with Gasteiger partial charge in [0.25, 0.3) is 5.91 Å². The smallest absolute Gasteiger partial charge is 0.746 e. The number of ether oxygens (including phenoxy) is 1. The van der Waals surface area contributed by atoms with Gasteiger partial charge in [0.1, 0.15) is 33.6 Å².